The van der Waals surface area contributed by atoms with E-state index in [1.807, 2.05) is 31.2 Å². The maximum atomic E-state index is 12.9. The summed E-state index contributed by atoms with van der Waals surface area (Å²) in [6.07, 6.45) is 0.796. The molecule has 138 valence electrons. The quantitative estimate of drug-likeness (QED) is 0.594. The SMILES string of the molecule is CCc1ccccc1NC(=O)c1csc(NC(=O)Nc2ccc(F)cc2)n1. The van der Waals surface area contributed by atoms with E-state index in [2.05, 4.69) is 20.9 Å². The van der Waals surface area contributed by atoms with Gasteiger partial charge in [-0.25, -0.2) is 14.2 Å². The Labute approximate surface area is 159 Å². The van der Waals surface area contributed by atoms with Gasteiger partial charge < -0.3 is 10.6 Å². The summed E-state index contributed by atoms with van der Waals surface area (Å²) >= 11 is 1.14. The minimum atomic E-state index is -0.528. The zero-order valence-corrected chi connectivity index (χ0v) is 15.3. The average molecular weight is 384 g/mol. The van der Waals surface area contributed by atoms with Crippen molar-refractivity contribution in [3.8, 4) is 0 Å². The molecule has 0 saturated heterocycles. The molecule has 0 bridgehead atoms. The van der Waals surface area contributed by atoms with Crippen molar-refractivity contribution in [3.05, 3.63) is 71.0 Å². The van der Waals surface area contributed by atoms with Gasteiger partial charge in [0.05, 0.1) is 0 Å². The number of aryl methyl sites for hydroxylation is 1. The lowest BCUT2D eigenvalue weighted by Gasteiger charge is -2.08. The van der Waals surface area contributed by atoms with Crippen LogP contribution in [0.4, 0.5) is 25.7 Å². The summed E-state index contributed by atoms with van der Waals surface area (Å²) in [6, 6.07) is 12.4. The van der Waals surface area contributed by atoms with E-state index >= 15 is 0 Å². The van der Waals surface area contributed by atoms with Crippen LogP contribution in [0.5, 0.6) is 0 Å². The maximum absolute atomic E-state index is 12.9. The third-order valence-corrected chi connectivity index (χ3v) is 4.46. The number of benzene rings is 2. The number of para-hydroxylation sites is 1. The minimum Gasteiger partial charge on any atom is -0.320 e. The van der Waals surface area contributed by atoms with Crippen LogP contribution < -0.4 is 16.0 Å². The number of hydrogen-bond acceptors (Lipinski definition) is 4. The van der Waals surface area contributed by atoms with Crippen LogP contribution in [0.2, 0.25) is 0 Å². The van der Waals surface area contributed by atoms with Crippen LogP contribution in [0.25, 0.3) is 0 Å². The van der Waals surface area contributed by atoms with Crippen molar-refractivity contribution < 1.29 is 14.0 Å². The summed E-state index contributed by atoms with van der Waals surface area (Å²) in [7, 11) is 0. The van der Waals surface area contributed by atoms with E-state index in [1.54, 1.807) is 5.38 Å². The highest BCUT2D eigenvalue weighted by Gasteiger charge is 2.14. The van der Waals surface area contributed by atoms with Gasteiger partial charge in [0, 0.05) is 16.8 Å². The summed E-state index contributed by atoms with van der Waals surface area (Å²) in [6.45, 7) is 2.01. The summed E-state index contributed by atoms with van der Waals surface area (Å²) in [5.74, 6) is -0.736. The molecule has 1 aromatic heterocycles. The van der Waals surface area contributed by atoms with E-state index in [-0.39, 0.29) is 22.5 Å². The van der Waals surface area contributed by atoms with Crippen LogP contribution in [0, 0.1) is 5.82 Å². The van der Waals surface area contributed by atoms with Crippen LogP contribution in [-0.4, -0.2) is 16.9 Å². The first-order valence-corrected chi connectivity index (χ1v) is 9.11. The molecule has 0 fully saturated rings. The predicted octanol–water partition coefficient (Wildman–Crippen LogP) is 4.74. The van der Waals surface area contributed by atoms with Crippen LogP contribution >= 0.6 is 11.3 Å². The Bertz CT molecular complexity index is 956. The molecule has 2 aromatic carbocycles. The van der Waals surface area contributed by atoms with Crippen molar-refractivity contribution in [2.45, 2.75) is 13.3 Å². The molecule has 3 rings (SSSR count). The van der Waals surface area contributed by atoms with Crippen molar-refractivity contribution in [1.29, 1.82) is 0 Å². The number of amides is 3. The van der Waals surface area contributed by atoms with E-state index < -0.39 is 6.03 Å². The van der Waals surface area contributed by atoms with Gasteiger partial charge in [-0.05, 0) is 42.3 Å². The Morgan fingerprint density at radius 1 is 1.04 bits per heavy atom. The predicted molar refractivity (Wildman–Crippen MR) is 105 cm³/mol. The first-order valence-electron chi connectivity index (χ1n) is 8.23. The van der Waals surface area contributed by atoms with Gasteiger partial charge in [-0.2, -0.15) is 0 Å². The molecule has 3 amide bonds. The van der Waals surface area contributed by atoms with Gasteiger partial charge in [-0.1, -0.05) is 25.1 Å². The average Bonchev–Trinajstić information content (AvgIpc) is 3.12. The monoisotopic (exact) mass is 384 g/mol. The molecule has 27 heavy (non-hydrogen) atoms. The Kier molecular flexibility index (Phi) is 5.77. The summed E-state index contributed by atoms with van der Waals surface area (Å²) in [4.78, 5) is 28.5. The molecule has 0 saturated carbocycles. The smallest absolute Gasteiger partial charge is 0.320 e. The standard InChI is InChI=1S/C19H17FN4O2S/c1-2-12-5-3-4-6-15(12)22-17(25)16-11-27-19(23-16)24-18(26)21-14-9-7-13(20)8-10-14/h3-11H,2H2,1H3,(H,22,25)(H2,21,23,24,26). The van der Waals surface area contributed by atoms with Crippen molar-refractivity contribution in [2.75, 3.05) is 16.0 Å². The van der Waals surface area contributed by atoms with Gasteiger partial charge >= 0.3 is 6.03 Å². The van der Waals surface area contributed by atoms with E-state index in [0.717, 1.165) is 29.0 Å². The molecule has 0 unspecified atom stereocenters. The molecule has 0 spiro atoms. The fraction of sp³-hybridized carbons (Fsp3) is 0.105. The molecule has 6 nitrogen and oxygen atoms in total. The lowest BCUT2D eigenvalue weighted by molar-refractivity contribution is 0.102. The second-order valence-corrected chi connectivity index (χ2v) is 6.45. The number of hydrogen-bond donors (Lipinski definition) is 3. The van der Waals surface area contributed by atoms with E-state index in [0.29, 0.717) is 5.69 Å². The zero-order chi connectivity index (χ0) is 19.2. The van der Waals surface area contributed by atoms with Crippen molar-refractivity contribution in [2.24, 2.45) is 0 Å². The van der Waals surface area contributed by atoms with Crippen molar-refractivity contribution >= 4 is 39.8 Å². The van der Waals surface area contributed by atoms with Gasteiger partial charge in [0.15, 0.2) is 5.13 Å². The number of aromatic nitrogens is 1. The van der Waals surface area contributed by atoms with Gasteiger partial charge in [-0.3, -0.25) is 10.1 Å². The summed E-state index contributed by atoms with van der Waals surface area (Å²) in [5.41, 5.74) is 2.42. The number of thiazole rings is 1. The van der Waals surface area contributed by atoms with Gasteiger partial charge in [0.25, 0.3) is 5.91 Å². The fourth-order valence-corrected chi connectivity index (χ4v) is 3.05. The largest absolute Gasteiger partial charge is 0.325 e. The first kappa shape index (κ1) is 18.5. The van der Waals surface area contributed by atoms with Crippen molar-refractivity contribution in [1.82, 2.24) is 4.98 Å². The number of carbonyl (C=O) groups excluding carboxylic acids is 2. The molecule has 3 N–H and O–H groups in total. The lowest BCUT2D eigenvalue weighted by atomic mass is 10.1. The number of urea groups is 1. The third-order valence-electron chi connectivity index (χ3n) is 3.71. The van der Waals surface area contributed by atoms with Gasteiger partial charge in [0.1, 0.15) is 11.5 Å². The van der Waals surface area contributed by atoms with Crippen LogP contribution in [-0.2, 0) is 6.42 Å². The Hall–Kier alpha value is -3.26. The third kappa shape index (κ3) is 4.89. The second kappa shape index (κ2) is 8.41. The molecule has 1 heterocycles. The maximum Gasteiger partial charge on any atom is 0.325 e. The molecule has 0 aliphatic rings. The van der Waals surface area contributed by atoms with Crippen molar-refractivity contribution in [3.63, 3.8) is 0 Å². The fourth-order valence-electron chi connectivity index (χ4n) is 2.37. The van der Waals surface area contributed by atoms with E-state index in [9.17, 15) is 14.0 Å². The molecule has 3 aromatic rings. The molecule has 0 radical (unpaired) electrons. The molecule has 8 heteroatoms. The van der Waals surface area contributed by atoms with Gasteiger partial charge in [-0.15, -0.1) is 11.3 Å². The van der Waals surface area contributed by atoms with Crippen LogP contribution in [0.3, 0.4) is 0 Å². The number of halogens is 1. The van der Waals surface area contributed by atoms with Gasteiger partial charge in [0.2, 0.25) is 0 Å². The normalized spacial score (nSPS) is 10.3. The van der Waals surface area contributed by atoms with Crippen LogP contribution in [0.1, 0.15) is 23.0 Å². The molecule has 0 aliphatic heterocycles. The molecule has 0 atom stereocenters. The van der Waals surface area contributed by atoms with E-state index in [4.69, 9.17) is 0 Å². The summed E-state index contributed by atoms with van der Waals surface area (Å²) < 4.78 is 12.9. The highest BCUT2D eigenvalue weighted by Crippen LogP contribution is 2.20. The Morgan fingerprint density at radius 2 is 1.78 bits per heavy atom. The molecule has 0 aliphatic carbocycles. The number of carbonyl (C=O) groups is 2. The molecular weight excluding hydrogens is 367 g/mol. The lowest BCUT2D eigenvalue weighted by Crippen LogP contribution is -2.19. The number of nitrogens with one attached hydrogen (secondary N) is 3. The summed E-state index contributed by atoms with van der Waals surface area (Å²) in [5, 5.41) is 9.79. The van der Waals surface area contributed by atoms with E-state index in [1.165, 1.54) is 24.3 Å². The Morgan fingerprint density at radius 3 is 2.52 bits per heavy atom. The zero-order valence-electron chi connectivity index (χ0n) is 14.5. The Balaban J connectivity index is 1.61. The second-order valence-electron chi connectivity index (χ2n) is 5.59. The van der Waals surface area contributed by atoms with Crippen LogP contribution in [0.15, 0.2) is 53.9 Å². The minimum absolute atomic E-state index is 0.211. The number of rotatable bonds is 5. The first-order chi connectivity index (χ1) is 13.0. The number of nitrogens with zero attached hydrogens (tertiary/aromatic N) is 1. The topological polar surface area (TPSA) is 83.1 Å². The highest BCUT2D eigenvalue weighted by atomic mass is 32.1. The number of anilines is 3. The highest BCUT2D eigenvalue weighted by molar-refractivity contribution is 7.14. The molecular formula is C19H17FN4O2S.